The summed E-state index contributed by atoms with van der Waals surface area (Å²) in [4.78, 5) is 9.93. The number of ether oxygens (including phenoxy) is 1. The van der Waals surface area contributed by atoms with E-state index in [1.807, 2.05) is 11.3 Å². The average molecular weight is 492 g/mol. The van der Waals surface area contributed by atoms with Crippen LogP contribution in [0.5, 0.6) is 0 Å². The van der Waals surface area contributed by atoms with E-state index in [0.29, 0.717) is 24.6 Å². The van der Waals surface area contributed by atoms with Gasteiger partial charge in [0.2, 0.25) is 0 Å². The van der Waals surface area contributed by atoms with Gasteiger partial charge in [-0.3, -0.25) is 9.89 Å². The van der Waals surface area contributed by atoms with Gasteiger partial charge >= 0.3 is 0 Å². The summed E-state index contributed by atoms with van der Waals surface area (Å²) >= 11 is 1.87. The summed E-state index contributed by atoms with van der Waals surface area (Å²) in [6.07, 6.45) is 7.74. The van der Waals surface area contributed by atoms with E-state index in [4.69, 9.17) is 15.5 Å². The molecule has 2 fully saturated rings. The van der Waals surface area contributed by atoms with Crippen LogP contribution in [0, 0.1) is 6.92 Å². The van der Waals surface area contributed by atoms with Crippen molar-refractivity contribution in [2.24, 2.45) is 10.7 Å². The third-order valence-electron chi connectivity index (χ3n) is 5.22. The van der Waals surface area contributed by atoms with Crippen molar-refractivity contribution >= 4 is 41.3 Å². The maximum atomic E-state index is 6.22. The van der Waals surface area contributed by atoms with E-state index in [0.717, 1.165) is 26.3 Å². The number of nitrogens with one attached hydrogen (secondary N) is 1. The zero-order valence-electron chi connectivity index (χ0n) is 15.8. The molecule has 3 rings (SSSR count). The van der Waals surface area contributed by atoms with Crippen LogP contribution in [-0.2, 0) is 4.74 Å². The number of guanidine groups is 1. The van der Waals surface area contributed by atoms with E-state index < -0.39 is 0 Å². The highest BCUT2D eigenvalue weighted by Gasteiger charge is 2.24. The van der Waals surface area contributed by atoms with Crippen LogP contribution in [0.25, 0.3) is 0 Å². The zero-order chi connectivity index (χ0) is 17.5. The average Bonchev–Trinajstić information content (AvgIpc) is 2.89. The number of aryl methyl sites for hydroxylation is 1. The Morgan fingerprint density at radius 3 is 2.58 bits per heavy atom. The van der Waals surface area contributed by atoms with E-state index in [1.165, 1.54) is 48.3 Å². The second-order valence-electron chi connectivity index (χ2n) is 7.17. The van der Waals surface area contributed by atoms with Crippen molar-refractivity contribution in [3.8, 4) is 0 Å². The number of hydrogen-bond acceptors (Lipinski definition) is 4. The fourth-order valence-electron chi connectivity index (χ4n) is 3.77. The largest absolute Gasteiger partial charge is 0.379 e. The number of halogens is 1. The first kappa shape index (κ1) is 21.9. The molecule has 148 valence electrons. The van der Waals surface area contributed by atoms with Crippen LogP contribution < -0.4 is 11.1 Å². The maximum absolute atomic E-state index is 6.22. The van der Waals surface area contributed by atoms with Crippen LogP contribution >= 0.6 is 35.3 Å². The predicted molar refractivity (Wildman–Crippen MR) is 121 cm³/mol. The van der Waals surface area contributed by atoms with Gasteiger partial charge in [0.05, 0.1) is 25.8 Å². The molecule has 0 radical (unpaired) electrons. The fraction of sp³-hybridized carbons (Fsp3) is 0.737. The summed E-state index contributed by atoms with van der Waals surface area (Å²) in [5.74, 6) is 0.610. The van der Waals surface area contributed by atoms with E-state index in [9.17, 15) is 0 Å². The van der Waals surface area contributed by atoms with Gasteiger partial charge in [0, 0.05) is 28.9 Å². The molecule has 5 nitrogen and oxygen atoms in total. The molecule has 1 atom stereocenters. The highest BCUT2D eigenvalue weighted by molar-refractivity contribution is 14.0. The smallest absolute Gasteiger partial charge is 0.188 e. The van der Waals surface area contributed by atoms with E-state index in [2.05, 4.69) is 29.3 Å². The van der Waals surface area contributed by atoms with Crippen LogP contribution in [0.3, 0.4) is 0 Å². The summed E-state index contributed by atoms with van der Waals surface area (Å²) < 4.78 is 5.52. The molecular weight excluding hydrogens is 459 g/mol. The lowest BCUT2D eigenvalue weighted by Crippen LogP contribution is -2.42. The molecule has 0 spiro atoms. The Morgan fingerprint density at radius 1 is 1.27 bits per heavy atom. The monoisotopic (exact) mass is 492 g/mol. The molecular formula is C19H33IN4OS. The second kappa shape index (κ2) is 11.5. The van der Waals surface area contributed by atoms with Crippen molar-refractivity contribution in [2.75, 3.05) is 32.8 Å². The zero-order valence-corrected chi connectivity index (χ0v) is 18.9. The number of morpholine rings is 1. The predicted octanol–water partition coefficient (Wildman–Crippen LogP) is 3.67. The molecule has 1 aromatic rings. The minimum atomic E-state index is 0. The summed E-state index contributed by atoms with van der Waals surface area (Å²) in [5, 5.41) is 3.46. The SMILES string of the molecule is Cc1ccc(C(CN=C(N)NC2CCCCCC2)N2CCOCC2)s1.I. The standard InChI is InChI=1S/C19H32N4OS.HI/c1-15-8-9-18(25-15)17(23-10-12-24-13-11-23)14-21-19(20)22-16-6-4-2-3-5-7-16;/h8-9,16-17H,2-7,10-14H2,1H3,(H3,20,21,22);1H. The van der Waals surface area contributed by atoms with Crippen LogP contribution in [-0.4, -0.2) is 49.7 Å². The number of thiophene rings is 1. The van der Waals surface area contributed by atoms with Crippen molar-refractivity contribution in [3.05, 3.63) is 21.9 Å². The molecule has 1 saturated heterocycles. The summed E-state index contributed by atoms with van der Waals surface area (Å²) in [7, 11) is 0. The molecule has 3 N–H and O–H groups in total. The van der Waals surface area contributed by atoms with Gasteiger partial charge in [-0.2, -0.15) is 0 Å². The lowest BCUT2D eigenvalue weighted by atomic mass is 10.1. The highest BCUT2D eigenvalue weighted by Crippen LogP contribution is 2.28. The minimum Gasteiger partial charge on any atom is -0.379 e. The molecule has 0 amide bonds. The third kappa shape index (κ3) is 6.65. The van der Waals surface area contributed by atoms with Gasteiger partial charge in [-0.15, -0.1) is 35.3 Å². The summed E-state index contributed by atoms with van der Waals surface area (Å²) in [6.45, 7) is 6.42. The van der Waals surface area contributed by atoms with Gasteiger partial charge in [0.1, 0.15) is 0 Å². The molecule has 26 heavy (non-hydrogen) atoms. The molecule has 1 unspecified atom stereocenters. The van der Waals surface area contributed by atoms with Gasteiger partial charge in [0.25, 0.3) is 0 Å². The Bertz CT molecular complexity index is 551. The molecule has 1 saturated carbocycles. The van der Waals surface area contributed by atoms with Gasteiger partial charge in [-0.05, 0) is 31.9 Å². The fourth-order valence-corrected chi connectivity index (χ4v) is 4.77. The maximum Gasteiger partial charge on any atom is 0.188 e. The van der Waals surface area contributed by atoms with Crippen molar-refractivity contribution in [1.29, 1.82) is 0 Å². The molecule has 0 bridgehead atoms. The first-order valence-electron chi connectivity index (χ1n) is 9.67. The molecule has 2 aliphatic rings. The second-order valence-corrected chi connectivity index (χ2v) is 8.49. The number of hydrogen-bond donors (Lipinski definition) is 2. The van der Waals surface area contributed by atoms with Crippen LogP contribution in [0.4, 0.5) is 0 Å². The first-order chi connectivity index (χ1) is 12.2. The topological polar surface area (TPSA) is 62.9 Å². The van der Waals surface area contributed by atoms with Crippen molar-refractivity contribution in [2.45, 2.75) is 57.5 Å². The van der Waals surface area contributed by atoms with E-state index >= 15 is 0 Å². The Morgan fingerprint density at radius 2 is 1.96 bits per heavy atom. The number of nitrogens with two attached hydrogens (primary N) is 1. The normalized spacial score (nSPS) is 21.7. The van der Waals surface area contributed by atoms with E-state index in [-0.39, 0.29) is 24.0 Å². The van der Waals surface area contributed by atoms with Crippen molar-refractivity contribution in [1.82, 2.24) is 10.2 Å². The lowest BCUT2D eigenvalue weighted by Gasteiger charge is -2.33. The quantitative estimate of drug-likeness (QED) is 0.285. The number of nitrogens with zero attached hydrogens (tertiary/aromatic N) is 2. The summed E-state index contributed by atoms with van der Waals surface area (Å²) in [5.41, 5.74) is 6.22. The molecule has 2 heterocycles. The molecule has 7 heteroatoms. The lowest BCUT2D eigenvalue weighted by molar-refractivity contribution is 0.0186. The Labute approximate surface area is 178 Å². The molecule has 1 aliphatic carbocycles. The van der Waals surface area contributed by atoms with Crippen LogP contribution in [0.2, 0.25) is 0 Å². The van der Waals surface area contributed by atoms with Gasteiger partial charge in [0.15, 0.2) is 5.96 Å². The van der Waals surface area contributed by atoms with Crippen molar-refractivity contribution in [3.63, 3.8) is 0 Å². The highest BCUT2D eigenvalue weighted by atomic mass is 127. The Kier molecular flexibility index (Phi) is 9.66. The van der Waals surface area contributed by atoms with Gasteiger partial charge in [-0.1, -0.05) is 25.7 Å². The van der Waals surface area contributed by atoms with E-state index in [1.54, 1.807) is 0 Å². The van der Waals surface area contributed by atoms with Crippen LogP contribution in [0.1, 0.15) is 54.3 Å². The van der Waals surface area contributed by atoms with Gasteiger partial charge in [-0.25, -0.2) is 0 Å². The number of aliphatic imine (C=N–C) groups is 1. The van der Waals surface area contributed by atoms with Gasteiger partial charge < -0.3 is 15.8 Å². The minimum absolute atomic E-state index is 0. The van der Waals surface area contributed by atoms with Crippen molar-refractivity contribution < 1.29 is 4.74 Å². The number of rotatable bonds is 5. The molecule has 1 aromatic heterocycles. The Hall–Kier alpha value is -0.380. The molecule has 0 aromatic carbocycles. The first-order valence-corrected chi connectivity index (χ1v) is 10.5. The molecule has 1 aliphatic heterocycles. The third-order valence-corrected chi connectivity index (χ3v) is 6.32. The Balaban J connectivity index is 0.00000243. The van der Waals surface area contributed by atoms with Crippen LogP contribution in [0.15, 0.2) is 17.1 Å². The summed E-state index contributed by atoms with van der Waals surface area (Å²) in [6, 6.07) is 5.24.